The first-order chi connectivity index (χ1) is 3.46. The van der Waals surface area contributed by atoms with Crippen LogP contribution in [0, 0.1) is 20.2 Å². The van der Waals surface area contributed by atoms with Crippen molar-refractivity contribution in [3.8, 4) is 0 Å². The van der Waals surface area contributed by atoms with Crippen molar-refractivity contribution in [1.29, 1.82) is 0 Å². The van der Waals surface area contributed by atoms with Gasteiger partial charge in [-0.1, -0.05) is 0 Å². The predicted octanol–water partition coefficient (Wildman–Crippen LogP) is -3.17. The molecule has 81 valence electrons. The summed E-state index contributed by atoms with van der Waals surface area (Å²) in [4.78, 5) is 16.7. The Balaban J connectivity index is -0.0000000112. The van der Waals surface area contributed by atoms with Gasteiger partial charge in [0, 0.05) is 0 Å². The molecule has 0 heterocycles. The van der Waals surface area contributed by atoms with Gasteiger partial charge in [-0.25, -0.2) is 0 Å². The van der Waals surface area contributed by atoms with E-state index in [2.05, 4.69) is 0 Å². The molecule has 0 aromatic heterocycles. The SMILES string of the molecule is O.O.O.O=[N+]([O-])O.O=[N+]([O-])O.[Cu+2]. The van der Waals surface area contributed by atoms with Gasteiger partial charge in [-0.2, -0.15) is 0 Å². The van der Waals surface area contributed by atoms with Crippen LogP contribution in [0.2, 0.25) is 0 Å². The molecule has 8 N–H and O–H groups in total. The normalized spacial score (nSPS) is 4.00. The molecule has 0 amide bonds. The van der Waals surface area contributed by atoms with Crippen LogP contribution in [-0.2, 0) is 17.1 Å². The Kier molecular flexibility index (Phi) is 124. The van der Waals surface area contributed by atoms with Crippen molar-refractivity contribution < 1.29 is 54.1 Å². The quantitative estimate of drug-likeness (QED) is 0.253. The van der Waals surface area contributed by atoms with Crippen molar-refractivity contribution in [2.24, 2.45) is 0 Å². The van der Waals surface area contributed by atoms with Crippen LogP contribution in [0.3, 0.4) is 0 Å². The first-order valence-electron chi connectivity index (χ1n) is 1.13. The van der Waals surface area contributed by atoms with Crippen LogP contribution in [0.15, 0.2) is 0 Å². The Labute approximate surface area is 75.2 Å². The molecule has 0 unspecified atom stereocenters. The van der Waals surface area contributed by atoms with Crippen LogP contribution in [0.4, 0.5) is 0 Å². The van der Waals surface area contributed by atoms with Gasteiger partial charge in [0.15, 0.2) is 0 Å². The second-order valence-electron chi connectivity index (χ2n) is 0.476. The molecule has 1 radical (unpaired) electrons. The maximum Gasteiger partial charge on any atom is 2.00 e. The zero-order chi connectivity index (χ0) is 7.15. The fourth-order valence-electron chi connectivity index (χ4n) is 0. The zero-order valence-electron chi connectivity index (χ0n) is 5.22. The summed E-state index contributed by atoms with van der Waals surface area (Å²) in [5.41, 5.74) is 0. The van der Waals surface area contributed by atoms with Gasteiger partial charge in [0.25, 0.3) is 10.2 Å². The Hall–Kier alpha value is -1.20. The summed E-state index contributed by atoms with van der Waals surface area (Å²) in [6, 6.07) is 0. The molecular weight excluding hydrogens is 236 g/mol. The number of hydrogen-bond acceptors (Lipinski definition) is 4. The van der Waals surface area contributed by atoms with Crippen LogP contribution >= 0.6 is 0 Å². The molecule has 12 heteroatoms. The third-order valence-electron chi connectivity index (χ3n) is 0. The fourth-order valence-corrected chi connectivity index (χ4v) is 0. The summed E-state index contributed by atoms with van der Waals surface area (Å²) in [6.07, 6.45) is 0. The summed E-state index contributed by atoms with van der Waals surface area (Å²) >= 11 is 0. The van der Waals surface area contributed by atoms with Crippen LogP contribution in [0.25, 0.3) is 0 Å². The van der Waals surface area contributed by atoms with E-state index >= 15 is 0 Å². The molecule has 11 nitrogen and oxygen atoms in total. The van der Waals surface area contributed by atoms with Gasteiger partial charge in [0.1, 0.15) is 0 Å². The van der Waals surface area contributed by atoms with E-state index < -0.39 is 10.2 Å². The second kappa shape index (κ2) is 32.9. The van der Waals surface area contributed by atoms with Gasteiger partial charge >= 0.3 is 17.1 Å². The minimum absolute atomic E-state index is 0. The third-order valence-corrected chi connectivity index (χ3v) is 0. The van der Waals surface area contributed by atoms with Crippen molar-refractivity contribution in [3.05, 3.63) is 20.2 Å². The first kappa shape index (κ1) is 45.0. The van der Waals surface area contributed by atoms with E-state index in [0.29, 0.717) is 0 Å². The van der Waals surface area contributed by atoms with Crippen LogP contribution in [-0.4, -0.2) is 37.0 Å². The molecule has 0 aromatic rings. The Bertz CT molecular complexity index is 70.5. The van der Waals surface area contributed by atoms with Crippen LogP contribution < -0.4 is 0 Å². The van der Waals surface area contributed by atoms with E-state index in [1.165, 1.54) is 0 Å². The first-order valence-corrected chi connectivity index (χ1v) is 1.13. The van der Waals surface area contributed by atoms with E-state index in [4.69, 9.17) is 30.6 Å². The largest absolute Gasteiger partial charge is 2.00 e. The van der Waals surface area contributed by atoms with E-state index in [1.54, 1.807) is 0 Å². The van der Waals surface area contributed by atoms with Gasteiger partial charge in [-0.05, 0) is 0 Å². The molecule has 0 bridgehead atoms. The molecule has 0 aliphatic carbocycles. The van der Waals surface area contributed by atoms with E-state index in [0.717, 1.165) is 0 Å². The molecule has 0 saturated carbocycles. The number of rotatable bonds is 0. The van der Waals surface area contributed by atoms with Gasteiger partial charge in [0.05, 0.1) is 0 Å². The van der Waals surface area contributed by atoms with E-state index in [1.807, 2.05) is 0 Å². The Morgan fingerprint density at radius 3 is 0.833 bits per heavy atom. The molecule has 0 atom stereocenters. The van der Waals surface area contributed by atoms with Gasteiger partial charge in [-0.15, -0.1) is 20.2 Å². The molecule has 0 saturated heterocycles. The summed E-state index contributed by atoms with van der Waals surface area (Å²) in [5, 5.41) is 27.3. The fraction of sp³-hybridized carbons (Fsp3) is 0. The van der Waals surface area contributed by atoms with Crippen molar-refractivity contribution in [1.82, 2.24) is 0 Å². The Morgan fingerprint density at radius 1 is 0.833 bits per heavy atom. The van der Waals surface area contributed by atoms with Crippen LogP contribution in [0.5, 0.6) is 0 Å². The van der Waals surface area contributed by atoms with Gasteiger partial charge in [0.2, 0.25) is 0 Å². The summed E-state index contributed by atoms with van der Waals surface area (Å²) < 4.78 is 0. The van der Waals surface area contributed by atoms with Gasteiger partial charge < -0.3 is 26.8 Å². The van der Waals surface area contributed by atoms with Crippen molar-refractivity contribution in [3.63, 3.8) is 0 Å². The van der Waals surface area contributed by atoms with Crippen LogP contribution in [0.1, 0.15) is 0 Å². The monoisotopic (exact) mass is 243 g/mol. The maximum atomic E-state index is 8.36. The predicted molar refractivity (Wildman–Crippen MR) is 28.4 cm³/mol. The summed E-state index contributed by atoms with van der Waals surface area (Å²) in [7, 11) is 0. The molecule has 0 rings (SSSR count). The zero-order valence-corrected chi connectivity index (χ0v) is 6.17. The molecule has 0 aliphatic heterocycles. The smallest absolute Gasteiger partial charge is 0.412 e. The number of hydrogen-bond donors (Lipinski definition) is 2. The molecule has 0 aromatic carbocycles. The summed E-state index contributed by atoms with van der Waals surface area (Å²) in [6.45, 7) is 0. The average Bonchev–Trinajstić information content (AvgIpc) is 1.25. The maximum absolute atomic E-state index is 8.36. The van der Waals surface area contributed by atoms with Gasteiger partial charge in [-0.3, -0.25) is 0 Å². The molecular formula is H8CuN2O9+2. The summed E-state index contributed by atoms with van der Waals surface area (Å²) in [5.74, 6) is 0. The standard InChI is InChI=1S/Cu.2HNO3.3H2O/c;2*2-1(3)4;;;/h;2*(H,2,3,4);3*1H2/q+2;;;;;. The third kappa shape index (κ3) is 371. The van der Waals surface area contributed by atoms with E-state index in [9.17, 15) is 0 Å². The number of nitrogens with zero attached hydrogens (tertiary/aromatic N) is 2. The molecule has 0 aliphatic rings. The van der Waals surface area contributed by atoms with Crippen molar-refractivity contribution in [2.45, 2.75) is 0 Å². The molecule has 12 heavy (non-hydrogen) atoms. The average molecular weight is 244 g/mol. The molecule has 0 fully saturated rings. The molecule has 0 spiro atoms. The van der Waals surface area contributed by atoms with E-state index in [-0.39, 0.29) is 33.5 Å². The van der Waals surface area contributed by atoms with Crippen molar-refractivity contribution >= 4 is 0 Å². The topological polar surface area (TPSA) is 221 Å². The van der Waals surface area contributed by atoms with Crippen molar-refractivity contribution in [2.75, 3.05) is 0 Å². The minimum Gasteiger partial charge on any atom is -0.412 e. The second-order valence-corrected chi connectivity index (χ2v) is 0.476. The Morgan fingerprint density at radius 2 is 0.833 bits per heavy atom. The minimum atomic E-state index is -1.50.